The quantitative estimate of drug-likeness (QED) is 0.685. The van der Waals surface area contributed by atoms with Crippen LogP contribution >= 0.6 is 11.3 Å². The van der Waals surface area contributed by atoms with Crippen molar-refractivity contribution in [2.24, 2.45) is 0 Å². The Morgan fingerprint density at radius 2 is 2.26 bits per heavy atom. The van der Waals surface area contributed by atoms with Gasteiger partial charge in [0, 0.05) is 10.9 Å². The highest BCUT2D eigenvalue weighted by atomic mass is 32.1. The Kier molecular flexibility index (Phi) is 3.44. The fraction of sp³-hybridized carbons (Fsp3) is 0.0833. The Bertz CT molecular complexity index is 691. The first-order valence-corrected chi connectivity index (χ1v) is 6.05. The minimum Gasteiger partial charge on any atom is -0.338 e. The van der Waals surface area contributed by atoms with E-state index < -0.39 is 10.7 Å². The molecule has 0 bridgehead atoms. The maximum Gasteiger partial charge on any atom is 0.295 e. The lowest BCUT2D eigenvalue weighted by molar-refractivity contribution is -0.384. The van der Waals surface area contributed by atoms with Crippen LogP contribution in [0.5, 0.6) is 0 Å². The van der Waals surface area contributed by atoms with Crippen molar-refractivity contribution in [2.75, 3.05) is 5.32 Å². The number of nitro benzene ring substituents is 1. The highest BCUT2D eigenvalue weighted by Gasteiger charge is 2.19. The Balaban J connectivity index is 2.49. The van der Waals surface area contributed by atoms with Crippen LogP contribution in [0.4, 0.5) is 20.8 Å². The molecule has 0 saturated carbocycles. The fourth-order valence-corrected chi connectivity index (χ4v) is 2.46. The SMILES string of the molecule is Cc1cc(C#N)c(Nc2c(F)cccc2[N+](=O)[O-])s1. The Morgan fingerprint density at radius 3 is 2.89 bits per heavy atom. The van der Waals surface area contributed by atoms with Crippen LogP contribution in [-0.2, 0) is 0 Å². The topological polar surface area (TPSA) is 79.0 Å². The number of nitrogens with zero attached hydrogens (tertiary/aromatic N) is 2. The van der Waals surface area contributed by atoms with Gasteiger partial charge in [0.15, 0.2) is 11.5 Å². The lowest BCUT2D eigenvalue weighted by Crippen LogP contribution is -1.99. The van der Waals surface area contributed by atoms with E-state index in [9.17, 15) is 14.5 Å². The molecule has 1 N–H and O–H groups in total. The summed E-state index contributed by atoms with van der Waals surface area (Å²) in [6.45, 7) is 1.80. The van der Waals surface area contributed by atoms with Crippen molar-refractivity contribution in [2.45, 2.75) is 6.92 Å². The molecule has 0 radical (unpaired) electrons. The van der Waals surface area contributed by atoms with Crippen LogP contribution in [0.2, 0.25) is 0 Å². The monoisotopic (exact) mass is 277 g/mol. The summed E-state index contributed by atoms with van der Waals surface area (Å²) in [5, 5.41) is 22.8. The van der Waals surface area contributed by atoms with Gasteiger partial charge in [-0.3, -0.25) is 10.1 Å². The van der Waals surface area contributed by atoms with E-state index in [4.69, 9.17) is 5.26 Å². The standard InChI is InChI=1S/C12H8FN3O2S/c1-7-5-8(6-14)12(19-7)15-11-9(13)3-2-4-10(11)16(17)18/h2-5,15H,1H3. The molecule has 96 valence electrons. The average molecular weight is 277 g/mol. The van der Waals surface area contributed by atoms with Gasteiger partial charge in [0.25, 0.3) is 5.69 Å². The normalized spacial score (nSPS) is 9.95. The summed E-state index contributed by atoms with van der Waals surface area (Å²) in [5.74, 6) is -0.732. The molecule has 0 atom stereocenters. The van der Waals surface area contributed by atoms with Gasteiger partial charge in [0.05, 0.1) is 10.5 Å². The van der Waals surface area contributed by atoms with Gasteiger partial charge in [-0.1, -0.05) is 6.07 Å². The summed E-state index contributed by atoms with van der Waals surface area (Å²) < 4.78 is 13.7. The van der Waals surface area contributed by atoms with Crippen molar-refractivity contribution in [1.82, 2.24) is 0 Å². The third-order valence-corrected chi connectivity index (χ3v) is 3.37. The zero-order chi connectivity index (χ0) is 14.0. The fourth-order valence-electron chi connectivity index (χ4n) is 1.59. The molecule has 19 heavy (non-hydrogen) atoms. The van der Waals surface area contributed by atoms with E-state index in [-0.39, 0.29) is 11.4 Å². The van der Waals surface area contributed by atoms with Crippen LogP contribution in [0.25, 0.3) is 0 Å². The van der Waals surface area contributed by atoms with E-state index in [1.807, 2.05) is 6.07 Å². The number of rotatable bonds is 3. The van der Waals surface area contributed by atoms with Gasteiger partial charge in [0.1, 0.15) is 11.1 Å². The van der Waals surface area contributed by atoms with Crippen LogP contribution in [0.15, 0.2) is 24.3 Å². The molecular formula is C12H8FN3O2S. The predicted molar refractivity (Wildman–Crippen MR) is 70.1 cm³/mol. The van der Waals surface area contributed by atoms with E-state index in [0.717, 1.165) is 10.9 Å². The Morgan fingerprint density at radius 1 is 1.53 bits per heavy atom. The van der Waals surface area contributed by atoms with Crippen molar-refractivity contribution in [1.29, 1.82) is 5.26 Å². The van der Waals surface area contributed by atoms with E-state index in [0.29, 0.717) is 10.6 Å². The van der Waals surface area contributed by atoms with Gasteiger partial charge in [-0.05, 0) is 19.1 Å². The van der Waals surface area contributed by atoms with Crippen molar-refractivity contribution in [3.05, 3.63) is 50.6 Å². The molecule has 2 rings (SSSR count). The van der Waals surface area contributed by atoms with Gasteiger partial charge in [0.2, 0.25) is 0 Å². The van der Waals surface area contributed by atoms with Crippen molar-refractivity contribution in [3.8, 4) is 6.07 Å². The molecule has 0 aliphatic rings. The minimum atomic E-state index is -0.732. The molecule has 5 nitrogen and oxygen atoms in total. The number of benzene rings is 1. The summed E-state index contributed by atoms with van der Waals surface area (Å²) in [6, 6.07) is 7.20. The molecular weight excluding hydrogens is 269 g/mol. The van der Waals surface area contributed by atoms with Gasteiger partial charge in [-0.2, -0.15) is 5.26 Å². The van der Waals surface area contributed by atoms with Crippen LogP contribution in [-0.4, -0.2) is 4.92 Å². The van der Waals surface area contributed by atoms with Crippen LogP contribution in [0.3, 0.4) is 0 Å². The highest BCUT2D eigenvalue weighted by molar-refractivity contribution is 7.16. The molecule has 0 spiro atoms. The minimum absolute atomic E-state index is 0.231. The molecule has 7 heteroatoms. The zero-order valence-corrected chi connectivity index (χ0v) is 10.6. The number of anilines is 2. The molecule has 2 aromatic rings. The number of nitro groups is 1. The first-order valence-electron chi connectivity index (χ1n) is 5.23. The second-order valence-electron chi connectivity index (χ2n) is 3.73. The molecule has 0 fully saturated rings. The third kappa shape index (κ3) is 2.53. The first-order chi connectivity index (χ1) is 9.02. The number of para-hydroxylation sites is 1. The number of aryl methyl sites for hydroxylation is 1. The van der Waals surface area contributed by atoms with E-state index in [1.54, 1.807) is 13.0 Å². The van der Waals surface area contributed by atoms with E-state index in [1.165, 1.54) is 23.5 Å². The number of hydrogen-bond acceptors (Lipinski definition) is 5. The van der Waals surface area contributed by atoms with Gasteiger partial charge < -0.3 is 5.32 Å². The third-order valence-electron chi connectivity index (χ3n) is 2.40. The first kappa shape index (κ1) is 13.0. The number of nitriles is 1. The van der Waals surface area contributed by atoms with Crippen LogP contribution in [0.1, 0.15) is 10.4 Å². The van der Waals surface area contributed by atoms with E-state index in [2.05, 4.69) is 5.32 Å². The summed E-state index contributed by atoms with van der Waals surface area (Å²) in [4.78, 5) is 11.1. The zero-order valence-electron chi connectivity index (χ0n) is 9.81. The lowest BCUT2D eigenvalue weighted by Gasteiger charge is -2.06. The summed E-state index contributed by atoms with van der Waals surface area (Å²) >= 11 is 1.24. The number of halogens is 1. The van der Waals surface area contributed by atoms with Crippen LogP contribution in [0, 0.1) is 34.2 Å². The summed E-state index contributed by atoms with van der Waals surface area (Å²) in [6.07, 6.45) is 0. The second kappa shape index (κ2) is 5.04. The number of hydrogen-bond donors (Lipinski definition) is 1. The molecule has 0 unspecified atom stereocenters. The van der Waals surface area contributed by atoms with Crippen LogP contribution < -0.4 is 5.32 Å². The molecule has 0 saturated heterocycles. The average Bonchev–Trinajstić information content (AvgIpc) is 2.71. The lowest BCUT2D eigenvalue weighted by atomic mass is 10.2. The predicted octanol–water partition coefficient (Wildman–Crippen LogP) is 3.72. The van der Waals surface area contributed by atoms with Crippen molar-refractivity contribution >= 4 is 27.7 Å². The highest BCUT2D eigenvalue weighted by Crippen LogP contribution is 2.35. The Hall–Kier alpha value is -2.46. The van der Waals surface area contributed by atoms with Gasteiger partial charge in [-0.25, -0.2) is 4.39 Å². The summed E-state index contributed by atoms with van der Waals surface area (Å²) in [7, 11) is 0. The maximum absolute atomic E-state index is 13.7. The molecule has 0 aliphatic heterocycles. The Labute approximate surface area is 112 Å². The largest absolute Gasteiger partial charge is 0.338 e. The molecule has 1 heterocycles. The summed E-state index contributed by atoms with van der Waals surface area (Å²) in [5.41, 5.74) is -0.263. The van der Waals surface area contributed by atoms with Gasteiger partial charge >= 0.3 is 0 Å². The molecule has 0 aliphatic carbocycles. The number of thiophene rings is 1. The number of nitrogens with one attached hydrogen (secondary N) is 1. The molecule has 0 amide bonds. The maximum atomic E-state index is 13.7. The van der Waals surface area contributed by atoms with Gasteiger partial charge in [-0.15, -0.1) is 11.3 Å². The molecule has 1 aromatic heterocycles. The smallest absolute Gasteiger partial charge is 0.295 e. The van der Waals surface area contributed by atoms with Crippen molar-refractivity contribution < 1.29 is 9.31 Å². The van der Waals surface area contributed by atoms with Crippen molar-refractivity contribution in [3.63, 3.8) is 0 Å². The second-order valence-corrected chi connectivity index (χ2v) is 4.98. The molecule has 1 aromatic carbocycles. The van der Waals surface area contributed by atoms with E-state index >= 15 is 0 Å².